The molecule has 2 rings (SSSR count). The number of nitrogens with zero attached hydrogens (tertiary/aromatic N) is 1. The number of aromatic hydroxyl groups is 1. The zero-order valence-electron chi connectivity index (χ0n) is 17.1. The van der Waals surface area contributed by atoms with Crippen molar-refractivity contribution in [3.8, 4) is 5.75 Å². The average molecular weight is 411 g/mol. The van der Waals surface area contributed by atoms with Gasteiger partial charge in [-0.05, 0) is 43.0 Å². The highest BCUT2D eigenvalue weighted by molar-refractivity contribution is 5.59. The third-order valence-corrected chi connectivity index (χ3v) is 5.16. The summed E-state index contributed by atoms with van der Waals surface area (Å²) in [4.78, 5) is 10.3. The summed E-state index contributed by atoms with van der Waals surface area (Å²) < 4.78 is 0. The molecule has 160 valence electrons. The molecule has 0 bridgehead atoms. The first-order valence-corrected chi connectivity index (χ1v) is 10.1. The number of phenols is 1. The molecule has 0 spiro atoms. The number of rotatable bonds is 11. The van der Waals surface area contributed by atoms with Crippen LogP contribution in [0.25, 0.3) is 6.08 Å². The monoisotopic (exact) mass is 411 g/mol. The van der Waals surface area contributed by atoms with E-state index in [0.29, 0.717) is 18.4 Å². The van der Waals surface area contributed by atoms with Crippen LogP contribution in [0, 0.1) is 16.0 Å². The zero-order valence-corrected chi connectivity index (χ0v) is 17.1. The quantitative estimate of drug-likeness (QED) is 0.269. The molecule has 2 aromatic carbocycles. The van der Waals surface area contributed by atoms with Crippen molar-refractivity contribution in [1.82, 2.24) is 0 Å². The molecule has 0 aromatic heterocycles. The lowest BCUT2D eigenvalue weighted by molar-refractivity contribution is -0.384. The molecule has 0 fully saturated rings. The molecule has 2 aromatic rings. The SMILES string of the molecule is C=C[C@H]([C@H](O)CC/C(=C/c1ccccc1O)CCC)[C@H](O)c1ccc([N+](=O)[O-])cc1. The van der Waals surface area contributed by atoms with Gasteiger partial charge < -0.3 is 15.3 Å². The fraction of sp³-hybridized carbons (Fsp3) is 0.333. The van der Waals surface area contributed by atoms with Crippen LogP contribution in [-0.2, 0) is 0 Å². The standard InChI is InChI=1S/C24H29NO5/c1-3-7-17(16-19-8-5-6-9-22(19)26)10-15-23(27)21(4-2)24(28)18-11-13-20(14-12-18)25(29)30/h4-6,8-9,11-14,16,21,23-24,26-28H,2-3,7,10,15H2,1H3/b17-16+/t21-,23-,24-/m1/s1. The number of aliphatic hydroxyl groups excluding tert-OH is 2. The number of non-ortho nitro benzene ring substituents is 1. The summed E-state index contributed by atoms with van der Waals surface area (Å²) in [6.07, 6.45) is 4.41. The van der Waals surface area contributed by atoms with Gasteiger partial charge in [0.2, 0.25) is 0 Å². The topological polar surface area (TPSA) is 104 Å². The summed E-state index contributed by atoms with van der Waals surface area (Å²) in [7, 11) is 0. The van der Waals surface area contributed by atoms with E-state index in [0.717, 1.165) is 24.0 Å². The minimum atomic E-state index is -1.02. The van der Waals surface area contributed by atoms with E-state index in [1.807, 2.05) is 18.2 Å². The molecule has 3 N–H and O–H groups in total. The predicted molar refractivity (Wildman–Crippen MR) is 118 cm³/mol. The van der Waals surface area contributed by atoms with Crippen molar-refractivity contribution in [2.45, 2.75) is 44.8 Å². The van der Waals surface area contributed by atoms with Gasteiger partial charge in [0.15, 0.2) is 0 Å². The molecular formula is C24H29NO5. The zero-order chi connectivity index (χ0) is 22.1. The predicted octanol–water partition coefficient (Wildman–Crippen LogP) is 5.16. The molecule has 0 amide bonds. The van der Waals surface area contributed by atoms with Gasteiger partial charge in [-0.3, -0.25) is 10.1 Å². The molecule has 0 heterocycles. The molecule has 0 unspecified atom stereocenters. The molecule has 0 aliphatic rings. The molecule has 30 heavy (non-hydrogen) atoms. The number of aliphatic hydroxyl groups is 2. The van der Waals surface area contributed by atoms with Crippen LogP contribution in [0.1, 0.15) is 49.8 Å². The van der Waals surface area contributed by atoms with E-state index in [2.05, 4.69) is 13.5 Å². The van der Waals surface area contributed by atoms with E-state index < -0.39 is 23.0 Å². The van der Waals surface area contributed by atoms with Crippen LogP contribution in [0.15, 0.2) is 66.8 Å². The summed E-state index contributed by atoms with van der Waals surface area (Å²) in [6, 6.07) is 12.8. The Labute approximate surface area is 177 Å². The van der Waals surface area contributed by atoms with Crippen molar-refractivity contribution in [3.63, 3.8) is 0 Å². The highest BCUT2D eigenvalue weighted by Gasteiger charge is 2.26. The van der Waals surface area contributed by atoms with Gasteiger partial charge in [0, 0.05) is 23.6 Å². The average Bonchev–Trinajstić information content (AvgIpc) is 2.74. The van der Waals surface area contributed by atoms with E-state index in [9.17, 15) is 25.4 Å². The lowest BCUT2D eigenvalue weighted by Crippen LogP contribution is -2.25. The van der Waals surface area contributed by atoms with Crippen molar-refractivity contribution in [2.24, 2.45) is 5.92 Å². The normalized spacial score (nSPS) is 14.7. The van der Waals surface area contributed by atoms with Crippen molar-refractivity contribution in [1.29, 1.82) is 0 Å². The van der Waals surface area contributed by atoms with Crippen molar-refractivity contribution in [3.05, 3.63) is 88.0 Å². The highest BCUT2D eigenvalue weighted by Crippen LogP contribution is 2.30. The van der Waals surface area contributed by atoms with E-state index in [1.165, 1.54) is 30.3 Å². The smallest absolute Gasteiger partial charge is 0.269 e. The molecule has 0 aliphatic carbocycles. The van der Waals surface area contributed by atoms with Gasteiger partial charge in [0.05, 0.1) is 17.1 Å². The second-order valence-corrected chi connectivity index (χ2v) is 7.32. The van der Waals surface area contributed by atoms with E-state index in [-0.39, 0.29) is 11.4 Å². The number of para-hydroxylation sites is 1. The molecule has 0 aliphatic heterocycles. The van der Waals surface area contributed by atoms with Crippen LogP contribution in [0.4, 0.5) is 5.69 Å². The van der Waals surface area contributed by atoms with E-state index in [4.69, 9.17) is 0 Å². The first-order chi connectivity index (χ1) is 14.4. The van der Waals surface area contributed by atoms with Gasteiger partial charge in [-0.25, -0.2) is 0 Å². The van der Waals surface area contributed by atoms with Crippen LogP contribution >= 0.6 is 0 Å². The minimum absolute atomic E-state index is 0.0554. The van der Waals surface area contributed by atoms with Gasteiger partial charge in [-0.2, -0.15) is 0 Å². The third-order valence-electron chi connectivity index (χ3n) is 5.16. The van der Waals surface area contributed by atoms with Gasteiger partial charge in [-0.15, -0.1) is 6.58 Å². The molecule has 3 atom stereocenters. The number of phenolic OH excluding ortho intramolecular Hbond substituents is 1. The molecule has 0 saturated carbocycles. The number of benzene rings is 2. The lowest BCUT2D eigenvalue weighted by Gasteiger charge is -2.25. The fourth-order valence-corrected chi connectivity index (χ4v) is 3.46. The highest BCUT2D eigenvalue weighted by atomic mass is 16.6. The first-order valence-electron chi connectivity index (χ1n) is 10.1. The van der Waals surface area contributed by atoms with Crippen LogP contribution in [0.3, 0.4) is 0 Å². The summed E-state index contributed by atoms with van der Waals surface area (Å²) in [5, 5.41) is 42.2. The Morgan fingerprint density at radius 1 is 1.13 bits per heavy atom. The maximum absolute atomic E-state index is 10.8. The largest absolute Gasteiger partial charge is 0.507 e. The lowest BCUT2D eigenvalue weighted by atomic mass is 9.87. The van der Waals surface area contributed by atoms with Gasteiger partial charge in [-0.1, -0.05) is 49.3 Å². The Balaban J connectivity index is 2.08. The number of nitro groups is 1. The fourth-order valence-electron chi connectivity index (χ4n) is 3.46. The van der Waals surface area contributed by atoms with E-state index >= 15 is 0 Å². The van der Waals surface area contributed by atoms with Gasteiger partial charge in [0.25, 0.3) is 5.69 Å². The van der Waals surface area contributed by atoms with Gasteiger partial charge in [0.1, 0.15) is 5.75 Å². The Bertz CT molecular complexity index is 875. The maximum atomic E-state index is 10.8. The Morgan fingerprint density at radius 3 is 2.37 bits per heavy atom. The van der Waals surface area contributed by atoms with Crippen LogP contribution in [0.2, 0.25) is 0 Å². The van der Waals surface area contributed by atoms with Crippen molar-refractivity contribution < 1.29 is 20.2 Å². The number of hydrogen-bond donors (Lipinski definition) is 3. The van der Waals surface area contributed by atoms with Gasteiger partial charge >= 0.3 is 0 Å². The Hall–Kier alpha value is -2.96. The second-order valence-electron chi connectivity index (χ2n) is 7.32. The Morgan fingerprint density at radius 2 is 1.80 bits per heavy atom. The van der Waals surface area contributed by atoms with Crippen LogP contribution in [0.5, 0.6) is 5.75 Å². The Kier molecular flexibility index (Phi) is 8.77. The molecule has 6 nitrogen and oxygen atoms in total. The molecule has 6 heteroatoms. The van der Waals surface area contributed by atoms with E-state index in [1.54, 1.807) is 12.1 Å². The summed E-state index contributed by atoms with van der Waals surface area (Å²) in [6.45, 7) is 5.81. The molecular weight excluding hydrogens is 382 g/mol. The molecule has 0 saturated heterocycles. The number of hydrogen-bond acceptors (Lipinski definition) is 5. The first kappa shape index (κ1) is 23.3. The third kappa shape index (κ3) is 6.27. The summed E-state index contributed by atoms with van der Waals surface area (Å²) in [5.41, 5.74) is 2.27. The minimum Gasteiger partial charge on any atom is -0.507 e. The molecule has 0 radical (unpaired) electrons. The van der Waals surface area contributed by atoms with Crippen molar-refractivity contribution >= 4 is 11.8 Å². The van der Waals surface area contributed by atoms with Crippen LogP contribution in [-0.4, -0.2) is 26.3 Å². The number of nitro benzene ring substituents is 1. The van der Waals surface area contributed by atoms with Crippen molar-refractivity contribution in [2.75, 3.05) is 0 Å². The summed E-state index contributed by atoms with van der Waals surface area (Å²) >= 11 is 0. The van der Waals surface area contributed by atoms with Crippen LogP contribution < -0.4 is 0 Å². The second kappa shape index (κ2) is 11.3. The maximum Gasteiger partial charge on any atom is 0.269 e. The number of allylic oxidation sites excluding steroid dienone is 1. The summed E-state index contributed by atoms with van der Waals surface area (Å²) in [5.74, 6) is -0.399.